The average molecular weight is 356 g/mol. The zero-order chi connectivity index (χ0) is 17.2. The third-order valence-corrected chi connectivity index (χ3v) is 5.80. The molecule has 3 nitrogen and oxygen atoms in total. The minimum absolute atomic E-state index is 0.737. The second kappa shape index (κ2) is 7.36. The number of halogens is 1. The minimum Gasteiger partial charge on any atom is -0.399 e. The number of hydrogen-bond acceptors (Lipinski definition) is 3. The Kier molecular flexibility index (Phi) is 4.98. The molecule has 0 saturated carbocycles. The molecule has 0 radical (unpaired) electrons. The maximum Gasteiger partial charge on any atom is 0.0471 e. The molecular weight excluding hydrogens is 330 g/mol. The molecule has 25 heavy (non-hydrogen) atoms. The standard InChI is InChI=1S/C21H26ClN3/c22-21-9-20(23)7-6-19(21)15-25-13-17-8-18(14-25)12-24(11-17)10-16-4-2-1-3-5-16/h1-7,9,17-18H,8,10-15,23H2. The van der Waals surface area contributed by atoms with Crippen molar-refractivity contribution in [1.29, 1.82) is 0 Å². The Morgan fingerprint density at radius 2 is 1.52 bits per heavy atom. The van der Waals surface area contributed by atoms with Gasteiger partial charge in [-0.05, 0) is 41.5 Å². The second-order valence-electron chi connectivity index (χ2n) is 7.69. The van der Waals surface area contributed by atoms with Gasteiger partial charge in [-0.15, -0.1) is 0 Å². The lowest BCUT2D eigenvalue weighted by atomic mass is 9.84. The van der Waals surface area contributed by atoms with E-state index in [1.54, 1.807) is 0 Å². The summed E-state index contributed by atoms with van der Waals surface area (Å²) in [6.45, 7) is 6.77. The van der Waals surface area contributed by atoms with Crippen LogP contribution in [0, 0.1) is 11.8 Å². The molecule has 2 unspecified atom stereocenters. The fourth-order valence-corrected chi connectivity index (χ4v) is 4.78. The molecule has 2 heterocycles. The largest absolute Gasteiger partial charge is 0.399 e. The summed E-state index contributed by atoms with van der Waals surface area (Å²) in [5, 5.41) is 0.793. The molecule has 2 aromatic rings. The van der Waals surface area contributed by atoms with E-state index in [9.17, 15) is 0 Å². The minimum atomic E-state index is 0.737. The highest BCUT2D eigenvalue weighted by Crippen LogP contribution is 2.31. The fraction of sp³-hybridized carbons (Fsp3) is 0.429. The van der Waals surface area contributed by atoms with Gasteiger partial charge in [0.2, 0.25) is 0 Å². The summed E-state index contributed by atoms with van der Waals surface area (Å²) >= 11 is 6.37. The topological polar surface area (TPSA) is 32.5 Å². The molecule has 0 spiro atoms. The van der Waals surface area contributed by atoms with Gasteiger partial charge < -0.3 is 5.73 Å². The van der Waals surface area contributed by atoms with E-state index in [0.717, 1.165) is 35.6 Å². The molecule has 0 aromatic heterocycles. The van der Waals surface area contributed by atoms with Gasteiger partial charge in [0.15, 0.2) is 0 Å². The lowest BCUT2D eigenvalue weighted by Crippen LogP contribution is -2.52. The summed E-state index contributed by atoms with van der Waals surface area (Å²) in [6.07, 6.45) is 1.37. The number of hydrogen-bond donors (Lipinski definition) is 1. The maximum absolute atomic E-state index is 6.37. The Balaban J connectivity index is 1.37. The van der Waals surface area contributed by atoms with Crippen LogP contribution in [0.25, 0.3) is 0 Å². The number of nitrogens with zero attached hydrogens (tertiary/aromatic N) is 2. The molecule has 2 aliphatic heterocycles. The molecule has 2 saturated heterocycles. The first-order valence-corrected chi connectivity index (χ1v) is 9.56. The summed E-state index contributed by atoms with van der Waals surface area (Å²) < 4.78 is 0. The van der Waals surface area contributed by atoms with Gasteiger partial charge in [-0.2, -0.15) is 0 Å². The predicted molar refractivity (Wildman–Crippen MR) is 104 cm³/mol. The van der Waals surface area contributed by atoms with E-state index in [1.165, 1.54) is 43.7 Å². The van der Waals surface area contributed by atoms with Crippen LogP contribution in [0.5, 0.6) is 0 Å². The van der Waals surface area contributed by atoms with E-state index in [4.69, 9.17) is 17.3 Å². The van der Waals surface area contributed by atoms with Crippen molar-refractivity contribution in [3.05, 3.63) is 64.7 Å². The van der Waals surface area contributed by atoms with E-state index in [0.29, 0.717) is 0 Å². The summed E-state index contributed by atoms with van der Waals surface area (Å²) in [4.78, 5) is 5.22. The first-order chi connectivity index (χ1) is 12.2. The van der Waals surface area contributed by atoms with E-state index in [-0.39, 0.29) is 0 Å². The molecule has 4 rings (SSSR count). The zero-order valence-electron chi connectivity index (χ0n) is 14.6. The van der Waals surface area contributed by atoms with E-state index in [1.807, 2.05) is 12.1 Å². The van der Waals surface area contributed by atoms with Gasteiger partial charge in [0.25, 0.3) is 0 Å². The van der Waals surface area contributed by atoms with E-state index < -0.39 is 0 Å². The summed E-state index contributed by atoms with van der Waals surface area (Å²) in [5.74, 6) is 1.53. The van der Waals surface area contributed by atoms with Crippen LogP contribution in [0.2, 0.25) is 5.02 Å². The predicted octanol–water partition coefficient (Wildman–Crippen LogP) is 3.88. The van der Waals surface area contributed by atoms with Crippen LogP contribution in [0.3, 0.4) is 0 Å². The van der Waals surface area contributed by atoms with Gasteiger partial charge in [0, 0.05) is 50.0 Å². The zero-order valence-corrected chi connectivity index (χ0v) is 15.3. The number of nitrogen functional groups attached to an aromatic ring is 1. The third-order valence-electron chi connectivity index (χ3n) is 5.45. The lowest BCUT2D eigenvalue weighted by molar-refractivity contribution is 0.0242. The molecule has 132 valence electrons. The highest BCUT2D eigenvalue weighted by Gasteiger charge is 2.34. The Morgan fingerprint density at radius 1 is 0.880 bits per heavy atom. The number of benzene rings is 2. The monoisotopic (exact) mass is 355 g/mol. The summed E-state index contributed by atoms with van der Waals surface area (Å²) in [7, 11) is 0. The fourth-order valence-electron chi connectivity index (χ4n) is 4.53. The molecule has 2 fully saturated rings. The van der Waals surface area contributed by atoms with Gasteiger partial charge in [0.1, 0.15) is 0 Å². The number of fused-ring (bicyclic) bond motifs is 2. The van der Waals surface area contributed by atoms with Crippen molar-refractivity contribution >= 4 is 17.3 Å². The first-order valence-electron chi connectivity index (χ1n) is 9.18. The van der Waals surface area contributed by atoms with Crippen molar-refractivity contribution < 1.29 is 0 Å². The van der Waals surface area contributed by atoms with Crippen LogP contribution in [0.4, 0.5) is 5.69 Å². The summed E-state index contributed by atoms with van der Waals surface area (Å²) in [6, 6.07) is 16.7. The SMILES string of the molecule is Nc1ccc(CN2CC3CC(CN(Cc4ccccc4)C3)C2)c(Cl)c1. The van der Waals surface area contributed by atoms with Crippen molar-refractivity contribution in [1.82, 2.24) is 9.80 Å². The van der Waals surface area contributed by atoms with E-state index >= 15 is 0 Å². The third kappa shape index (κ3) is 4.17. The molecule has 2 N–H and O–H groups in total. The van der Waals surface area contributed by atoms with E-state index in [2.05, 4.69) is 46.2 Å². The lowest BCUT2D eigenvalue weighted by Gasteiger charge is -2.46. The Labute approximate surface area is 155 Å². The number of rotatable bonds is 4. The van der Waals surface area contributed by atoms with Crippen molar-refractivity contribution in [2.24, 2.45) is 11.8 Å². The van der Waals surface area contributed by atoms with Gasteiger partial charge in [0.05, 0.1) is 0 Å². The van der Waals surface area contributed by atoms with Crippen LogP contribution >= 0.6 is 11.6 Å². The smallest absolute Gasteiger partial charge is 0.0471 e. The number of anilines is 1. The Bertz CT molecular complexity index is 704. The summed E-state index contributed by atoms with van der Waals surface area (Å²) in [5.41, 5.74) is 9.16. The molecule has 0 aliphatic carbocycles. The molecule has 0 amide bonds. The highest BCUT2D eigenvalue weighted by molar-refractivity contribution is 6.31. The molecule has 2 aliphatic rings. The molecule has 2 aromatic carbocycles. The van der Waals surface area contributed by atoms with Gasteiger partial charge in [-0.3, -0.25) is 9.80 Å². The first kappa shape index (κ1) is 16.9. The average Bonchev–Trinajstić information content (AvgIpc) is 2.58. The Hall–Kier alpha value is -1.55. The van der Waals surface area contributed by atoms with Crippen molar-refractivity contribution in [2.75, 3.05) is 31.9 Å². The number of nitrogens with two attached hydrogens (primary N) is 1. The second-order valence-corrected chi connectivity index (χ2v) is 8.10. The Morgan fingerprint density at radius 3 is 2.16 bits per heavy atom. The molecular formula is C21H26ClN3. The highest BCUT2D eigenvalue weighted by atomic mass is 35.5. The molecule has 2 atom stereocenters. The molecule has 4 heteroatoms. The van der Waals surface area contributed by atoms with Crippen molar-refractivity contribution in [2.45, 2.75) is 19.5 Å². The quantitative estimate of drug-likeness (QED) is 0.845. The van der Waals surface area contributed by atoms with Crippen molar-refractivity contribution in [3.63, 3.8) is 0 Å². The number of likely N-dealkylation sites (tertiary alicyclic amines) is 2. The van der Waals surface area contributed by atoms with Crippen LogP contribution in [0.15, 0.2) is 48.5 Å². The van der Waals surface area contributed by atoms with Gasteiger partial charge in [-0.25, -0.2) is 0 Å². The molecule has 2 bridgehead atoms. The van der Waals surface area contributed by atoms with Crippen LogP contribution < -0.4 is 5.73 Å². The van der Waals surface area contributed by atoms with Crippen LogP contribution in [-0.2, 0) is 13.1 Å². The van der Waals surface area contributed by atoms with Gasteiger partial charge in [-0.1, -0.05) is 48.0 Å². The van der Waals surface area contributed by atoms with Crippen molar-refractivity contribution in [3.8, 4) is 0 Å². The maximum atomic E-state index is 6.37. The number of piperidine rings is 2. The normalized spacial score (nSPS) is 24.4. The van der Waals surface area contributed by atoms with Gasteiger partial charge >= 0.3 is 0 Å². The van der Waals surface area contributed by atoms with Crippen LogP contribution in [0.1, 0.15) is 17.5 Å². The van der Waals surface area contributed by atoms with Crippen LogP contribution in [-0.4, -0.2) is 36.0 Å².